The SMILES string of the molecule is CCS(=O)(=O)C1CSCCN1CCSc1ccccc1. The Morgan fingerprint density at radius 1 is 1.35 bits per heavy atom. The maximum atomic E-state index is 12.1. The van der Waals surface area contributed by atoms with E-state index >= 15 is 0 Å². The number of rotatable bonds is 6. The van der Waals surface area contributed by atoms with Gasteiger partial charge in [0.25, 0.3) is 0 Å². The van der Waals surface area contributed by atoms with Crippen LogP contribution in [0.15, 0.2) is 35.2 Å². The molecule has 1 fully saturated rings. The standard InChI is InChI=1S/C14H21NO2S3/c1-2-20(16,17)14-12-18-10-8-15(14)9-11-19-13-6-4-3-5-7-13/h3-7,14H,2,8-12H2,1H3. The van der Waals surface area contributed by atoms with Crippen molar-refractivity contribution in [3.63, 3.8) is 0 Å². The quantitative estimate of drug-likeness (QED) is 0.749. The third kappa shape index (κ3) is 4.41. The molecule has 1 aromatic carbocycles. The first-order valence-electron chi connectivity index (χ1n) is 6.84. The van der Waals surface area contributed by atoms with Crippen molar-refractivity contribution in [2.75, 3.05) is 36.1 Å². The number of hydrogen-bond donors (Lipinski definition) is 0. The molecule has 1 unspecified atom stereocenters. The molecule has 112 valence electrons. The Hall–Kier alpha value is -0.170. The van der Waals surface area contributed by atoms with Crippen molar-refractivity contribution in [3.8, 4) is 0 Å². The van der Waals surface area contributed by atoms with E-state index in [0.717, 1.165) is 24.6 Å². The first-order chi connectivity index (χ1) is 9.63. The van der Waals surface area contributed by atoms with Gasteiger partial charge >= 0.3 is 0 Å². The molecule has 20 heavy (non-hydrogen) atoms. The van der Waals surface area contributed by atoms with Crippen LogP contribution >= 0.6 is 23.5 Å². The zero-order valence-corrected chi connectivity index (χ0v) is 14.1. The lowest BCUT2D eigenvalue weighted by molar-refractivity contribution is 0.287. The minimum absolute atomic E-state index is 0.237. The molecule has 0 aliphatic carbocycles. The summed E-state index contributed by atoms with van der Waals surface area (Å²) in [4.78, 5) is 3.39. The molecule has 2 rings (SSSR count). The summed E-state index contributed by atoms with van der Waals surface area (Å²) in [5.74, 6) is 2.92. The van der Waals surface area contributed by atoms with E-state index in [-0.39, 0.29) is 11.1 Å². The molecule has 0 amide bonds. The smallest absolute Gasteiger partial charge is 0.166 e. The van der Waals surface area contributed by atoms with Crippen LogP contribution in [0.3, 0.4) is 0 Å². The highest BCUT2D eigenvalue weighted by Gasteiger charge is 2.32. The molecule has 0 radical (unpaired) electrons. The van der Waals surface area contributed by atoms with Gasteiger partial charge < -0.3 is 0 Å². The van der Waals surface area contributed by atoms with E-state index in [4.69, 9.17) is 0 Å². The first-order valence-corrected chi connectivity index (χ1v) is 10.7. The summed E-state index contributed by atoms with van der Waals surface area (Å²) in [5, 5.41) is -0.289. The number of hydrogen-bond acceptors (Lipinski definition) is 5. The number of sulfone groups is 1. The highest BCUT2D eigenvalue weighted by atomic mass is 32.2. The molecule has 0 spiro atoms. The fraction of sp³-hybridized carbons (Fsp3) is 0.571. The molecule has 6 heteroatoms. The van der Waals surface area contributed by atoms with Gasteiger partial charge in [0.05, 0.1) is 0 Å². The molecule has 1 aliphatic heterocycles. The van der Waals surface area contributed by atoms with E-state index in [0.29, 0.717) is 5.75 Å². The van der Waals surface area contributed by atoms with Crippen LogP contribution in [0, 0.1) is 0 Å². The van der Waals surface area contributed by atoms with Gasteiger partial charge in [-0.2, -0.15) is 11.8 Å². The minimum Gasteiger partial charge on any atom is -0.285 e. The lowest BCUT2D eigenvalue weighted by atomic mass is 10.4. The predicted octanol–water partition coefficient (Wildman–Crippen LogP) is 2.59. The highest BCUT2D eigenvalue weighted by Crippen LogP contribution is 2.23. The molecular formula is C14H21NO2S3. The summed E-state index contributed by atoms with van der Waals surface area (Å²) >= 11 is 3.54. The lowest BCUT2D eigenvalue weighted by Gasteiger charge is -2.34. The van der Waals surface area contributed by atoms with Crippen molar-refractivity contribution in [1.82, 2.24) is 4.90 Å². The van der Waals surface area contributed by atoms with Gasteiger partial charge in [-0.25, -0.2) is 8.42 Å². The average Bonchev–Trinajstić information content (AvgIpc) is 2.49. The average molecular weight is 332 g/mol. The van der Waals surface area contributed by atoms with Crippen molar-refractivity contribution >= 4 is 33.4 Å². The summed E-state index contributed by atoms with van der Waals surface area (Å²) in [6.07, 6.45) is 0. The highest BCUT2D eigenvalue weighted by molar-refractivity contribution is 8.01. The zero-order chi connectivity index (χ0) is 14.4. The van der Waals surface area contributed by atoms with E-state index in [1.54, 1.807) is 30.4 Å². The second-order valence-electron chi connectivity index (χ2n) is 4.68. The molecule has 0 aromatic heterocycles. The molecule has 0 saturated carbocycles. The van der Waals surface area contributed by atoms with Crippen LogP contribution in [-0.4, -0.2) is 54.8 Å². The van der Waals surface area contributed by atoms with E-state index in [2.05, 4.69) is 17.0 Å². The van der Waals surface area contributed by atoms with E-state index in [9.17, 15) is 8.42 Å². The van der Waals surface area contributed by atoms with Crippen LogP contribution in [0.1, 0.15) is 6.92 Å². The summed E-state index contributed by atoms with van der Waals surface area (Å²) < 4.78 is 24.3. The predicted molar refractivity (Wildman–Crippen MR) is 89.3 cm³/mol. The van der Waals surface area contributed by atoms with Gasteiger partial charge in [0.2, 0.25) is 0 Å². The monoisotopic (exact) mass is 331 g/mol. The molecule has 1 aromatic rings. The van der Waals surface area contributed by atoms with E-state index < -0.39 is 9.84 Å². The van der Waals surface area contributed by atoms with Crippen molar-refractivity contribution in [2.24, 2.45) is 0 Å². The third-order valence-corrected chi connectivity index (χ3v) is 7.72. The van der Waals surface area contributed by atoms with Gasteiger partial charge in [0.1, 0.15) is 5.37 Å². The van der Waals surface area contributed by atoms with E-state index in [1.165, 1.54) is 4.90 Å². The normalized spacial score (nSPS) is 20.9. The van der Waals surface area contributed by atoms with Crippen molar-refractivity contribution in [1.29, 1.82) is 0 Å². The molecule has 0 bridgehead atoms. The summed E-state index contributed by atoms with van der Waals surface area (Å²) in [6, 6.07) is 10.3. The van der Waals surface area contributed by atoms with Gasteiger partial charge in [-0.3, -0.25) is 4.90 Å². The number of thioether (sulfide) groups is 2. The summed E-state index contributed by atoms with van der Waals surface area (Å²) in [7, 11) is -2.97. The fourth-order valence-electron chi connectivity index (χ4n) is 2.19. The lowest BCUT2D eigenvalue weighted by Crippen LogP contribution is -2.48. The molecule has 1 atom stereocenters. The molecular weight excluding hydrogens is 310 g/mol. The summed E-state index contributed by atoms with van der Waals surface area (Å²) in [5.41, 5.74) is 0. The van der Waals surface area contributed by atoms with Crippen molar-refractivity contribution in [2.45, 2.75) is 17.2 Å². The van der Waals surface area contributed by atoms with Crippen molar-refractivity contribution < 1.29 is 8.42 Å². The maximum Gasteiger partial charge on any atom is 0.166 e. The zero-order valence-electron chi connectivity index (χ0n) is 11.7. The molecule has 1 aliphatic rings. The Balaban J connectivity index is 1.89. The minimum atomic E-state index is -2.97. The topological polar surface area (TPSA) is 37.4 Å². The fourth-order valence-corrected chi connectivity index (χ4v) is 6.21. The Bertz CT molecular complexity index is 504. The van der Waals surface area contributed by atoms with Crippen LogP contribution in [0.4, 0.5) is 0 Å². The maximum absolute atomic E-state index is 12.1. The van der Waals surface area contributed by atoms with Crippen LogP contribution in [-0.2, 0) is 9.84 Å². The third-order valence-electron chi connectivity index (χ3n) is 3.40. The molecule has 1 saturated heterocycles. The number of benzene rings is 1. The largest absolute Gasteiger partial charge is 0.285 e. The van der Waals surface area contributed by atoms with Gasteiger partial charge in [-0.1, -0.05) is 25.1 Å². The van der Waals surface area contributed by atoms with Gasteiger partial charge in [0, 0.05) is 41.0 Å². The second-order valence-corrected chi connectivity index (χ2v) is 9.44. The van der Waals surface area contributed by atoms with Crippen LogP contribution in [0.25, 0.3) is 0 Å². The van der Waals surface area contributed by atoms with Gasteiger partial charge in [0.15, 0.2) is 9.84 Å². The molecule has 0 N–H and O–H groups in total. The first kappa shape index (κ1) is 16.2. The number of nitrogens with zero attached hydrogens (tertiary/aromatic N) is 1. The molecule has 3 nitrogen and oxygen atoms in total. The summed E-state index contributed by atoms with van der Waals surface area (Å²) in [6.45, 7) is 3.46. The van der Waals surface area contributed by atoms with Gasteiger partial charge in [-0.15, -0.1) is 11.8 Å². The van der Waals surface area contributed by atoms with Gasteiger partial charge in [-0.05, 0) is 12.1 Å². The van der Waals surface area contributed by atoms with Crippen molar-refractivity contribution in [3.05, 3.63) is 30.3 Å². The Kier molecular flexibility index (Phi) is 6.26. The van der Waals surface area contributed by atoms with E-state index in [1.807, 2.05) is 18.2 Å². The second kappa shape index (κ2) is 7.73. The Morgan fingerprint density at radius 3 is 2.80 bits per heavy atom. The van der Waals surface area contributed by atoms with Crippen LogP contribution < -0.4 is 0 Å². The molecule has 1 heterocycles. The van der Waals surface area contributed by atoms with Crippen LogP contribution in [0.5, 0.6) is 0 Å². The Labute approximate surface area is 130 Å². The Morgan fingerprint density at radius 2 is 2.10 bits per heavy atom. The van der Waals surface area contributed by atoms with Crippen LogP contribution in [0.2, 0.25) is 0 Å².